The van der Waals surface area contributed by atoms with E-state index >= 15 is 8.78 Å². The fourth-order valence-electron chi connectivity index (χ4n) is 7.31. The molecule has 1 aromatic heterocycles. The summed E-state index contributed by atoms with van der Waals surface area (Å²) in [4.78, 5) is 16.7. The average Bonchev–Trinajstić information content (AvgIpc) is 3.09. The van der Waals surface area contributed by atoms with Gasteiger partial charge in [-0.25, -0.2) is 13.6 Å². The van der Waals surface area contributed by atoms with E-state index in [4.69, 9.17) is 5.11 Å². The van der Waals surface area contributed by atoms with Gasteiger partial charge < -0.3 is 10.1 Å². The molecule has 3 fully saturated rings. The van der Waals surface area contributed by atoms with E-state index in [2.05, 4.69) is 29.8 Å². The van der Waals surface area contributed by atoms with Gasteiger partial charge in [-0.2, -0.15) is 0 Å². The molecule has 4 nitrogen and oxygen atoms in total. The van der Waals surface area contributed by atoms with E-state index in [1.165, 1.54) is 37.5 Å². The third-order valence-electron chi connectivity index (χ3n) is 8.23. The van der Waals surface area contributed by atoms with Gasteiger partial charge in [-0.1, -0.05) is 25.1 Å². The Balaban J connectivity index is 1.48. The monoisotopic (exact) mass is 462 g/mol. The smallest absolute Gasteiger partial charge is 0.328 e. The molecule has 176 valence electrons. The van der Waals surface area contributed by atoms with Gasteiger partial charge in [0.2, 0.25) is 0 Å². The van der Waals surface area contributed by atoms with Gasteiger partial charge in [0.15, 0.2) is 0 Å². The number of hydrogen-bond acceptors (Lipinski definition) is 2. The number of halogens is 2. The number of carboxylic acids is 1. The summed E-state index contributed by atoms with van der Waals surface area (Å²) in [5.74, 6) is -2.46. The van der Waals surface area contributed by atoms with E-state index < -0.39 is 23.6 Å². The zero-order chi connectivity index (χ0) is 23.8. The number of H-pyrrole nitrogens is 1. The van der Waals surface area contributed by atoms with Gasteiger partial charge in [0.25, 0.3) is 0 Å². The quantitative estimate of drug-likeness (QED) is 0.453. The number of hydrogen-bond donors (Lipinski definition) is 2. The summed E-state index contributed by atoms with van der Waals surface area (Å²) < 4.78 is 31.2. The highest BCUT2D eigenvalue weighted by Crippen LogP contribution is 2.73. The second-order valence-corrected chi connectivity index (χ2v) is 11.1. The number of rotatable bonds is 5. The van der Waals surface area contributed by atoms with Crippen molar-refractivity contribution >= 4 is 22.9 Å². The van der Waals surface area contributed by atoms with Crippen LogP contribution in [0.2, 0.25) is 0 Å². The number of aromatic amines is 1. The predicted octanol–water partition coefficient (Wildman–Crippen LogP) is 6.07. The van der Waals surface area contributed by atoms with Crippen LogP contribution in [0.1, 0.15) is 61.5 Å². The Morgan fingerprint density at radius 2 is 1.88 bits per heavy atom. The Bertz CT molecular complexity index is 1310. The SMILES string of the molecule is CC1Cc2c([nH]c3ccccc23)C(c2c(F)cc(/C=C/C(=O)O)cc2F)N1CC12CC(C)(C1)C2. The molecule has 0 spiro atoms. The van der Waals surface area contributed by atoms with E-state index in [1.807, 2.05) is 18.2 Å². The van der Waals surface area contributed by atoms with Crippen molar-refractivity contribution in [3.63, 3.8) is 0 Å². The molecule has 3 aliphatic carbocycles. The maximum Gasteiger partial charge on any atom is 0.328 e. The second kappa shape index (κ2) is 7.25. The molecule has 2 aromatic carbocycles. The normalized spacial score (nSPS) is 30.2. The number of aromatic nitrogens is 1. The number of para-hydroxylation sites is 1. The van der Waals surface area contributed by atoms with Crippen molar-refractivity contribution in [1.29, 1.82) is 0 Å². The lowest BCUT2D eigenvalue weighted by Gasteiger charge is -2.71. The molecular weight excluding hydrogens is 434 g/mol. The minimum Gasteiger partial charge on any atom is -0.478 e. The minimum absolute atomic E-state index is 0.0321. The number of carboxylic acid groups (broad SMARTS) is 1. The first-order chi connectivity index (χ1) is 16.2. The Hall–Kier alpha value is -2.99. The molecule has 7 rings (SSSR count). The van der Waals surface area contributed by atoms with Crippen LogP contribution in [0.15, 0.2) is 42.5 Å². The average molecular weight is 463 g/mol. The zero-order valence-electron chi connectivity index (χ0n) is 19.4. The fraction of sp³-hybridized carbons (Fsp3) is 0.393. The van der Waals surface area contributed by atoms with Gasteiger partial charge in [-0.05, 0) is 78.8 Å². The molecule has 2 heterocycles. The lowest BCUT2D eigenvalue weighted by molar-refractivity contribution is -0.207. The van der Waals surface area contributed by atoms with Crippen LogP contribution >= 0.6 is 0 Å². The van der Waals surface area contributed by atoms with E-state index in [1.54, 1.807) is 0 Å². The second-order valence-electron chi connectivity index (χ2n) is 11.1. The summed E-state index contributed by atoms with van der Waals surface area (Å²) in [7, 11) is 0. The molecule has 3 saturated carbocycles. The van der Waals surface area contributed by atoms with Crippen molar-refractivity contribution in [1.82, 2.24) is 9.88 Å². The number of carbonyl (C=O) groups is 1. The summed E-state index contributed by atoms with van der Waals surface area (Å²) >= 11 is 0. The first-order valence-electron chi connectivity index (χ1n) is 11.9. The van der Waals surface area contributed by atoms with Crippen LogP contribution in [0.5, 0.6) is 0 Å². The van der Waals surface area contributed by atoms with Crippen LogP contribution in [0.25, 0.3) is 17.0 Å². The highest BCUT2D eigenvalue weighted by atomic mass is 19.1. The fourth-order valence-corrected chi connectivity index (χ4v) is 7.31. The van der Waals surface area contributed by atoms with Crippen molar-refractivity contribution in [3.05, 3.63) is 76.5 Å². The van der Waals surface area contributed by atoms with Gasteiger partial charge in [0.1, 0.15) is 11.6 Å². The molecule has 2 unspecified atom stereocenters. The topological polar surface area (TPSA) is 56.3 Å². The van der Waals surface area contributed by atoms with Gasteiger partial charge in [-0.3, -0.25) is 4.90 Å². The van der Waals surface area contributed by atoms with Gasteiger partial charge >= 0.3 is 5.97 Å². The number of benzene rings is 2. The van der Waals surface area contributed by atoms with Crippen molar-refractivity contribution < 1.29 is 18.7 Å². The Morgan fingerprint density at radius 1 is 1.21 bits per heavy atom. The number of fused-ring (bicyclic) bond motifs is 3. The van der Waals surface area contributed by atoms with E-state index in [0.717, 1.165) is 41.2 Å². The van der Waals surface area contributed by atoms with Crippen LogP contribution in [-0.4, -0.2) is 33.5 Å². The molecule has 0 radical (unpaired) electrons. The summed E-state index contributed by atoms with van der Waals surface area (Å²) in [6.45, 7) is 5.30. The molecule has 0 amide bonds. The van der Waals surface area contributed by atoms with Crippen LogP contribution < -0.4 is 0 Å². The highest BCUT2D eigenvalue weighted by Gasteiger charge is 2.65. The maximum absolute atomic E-state index is 15.6. The minimum atomic E-state index is -1.16. The Morgan fingerprint density at radius 3 is 2.53 bits per heavy atom. The van der Waals surface area contributed by atoms with Crippen molar-refractivity contribution in [2.45, 2.75) is 51.6 Å². The number of nitrogens with zero attached hydrogens (tertiary/aromatic N) is 1. The summed E-state index contributed by atoms with van der Waals surface area (Å²) in [6.07, 6.45) is 6.47. The van der Waals surface area contributed by atoms with Crippen molar-refractivity contribution in [2.75, 3.05) is 6.54 Å². The van der Waals surface area contributed by atoms with Gasteiger partial charge in [-0.15, -0.1) is 0 Å². The molecule has 6 heteroatoms. The first kappa shape index (κ1) is 21.5. The molecule has 0 saturated heterocycles. The molecule has 4 aliphatic rings. The lowest BCUT2D eigenvalue weighted by Crippen LogP contribution is -2.65. The molecule has 3 aromatic rings. The predicted molar refractivity (Wildman–Crippen MR) is 127 cm³/mol. The van der Waals surface area contributed by atoms with Crippen LogP contribution in [0, 0.1) is 22.5 Å². The Labute approximate surface area is 197 Å². The molecule has 2 atom stereocenters. The highest BCUT2D eigenvalue weighted by molar-refractivity contribution is 5.86. The molecule has 34 heavy (non-hydrogen) atoms. The lowest BCUT2D eigenvalue weighted by atomic mass is 9.36. The van der Waals surface area contributed by atoms with E-state index in [-0.39, 0.29) is 22.6 Å². The van der Waals surface area contributed by atoms with E-state index in [9.17, 15) is 4.79 Å². The molecular formula is C28H28F2N2O2. The Kier molecular flexibility index (Phi) is 4.59. The molecule has 1 aliphatic heterocycles. The maximum atomic E-state index is 15.6. The van der Waals surface area contributed by atoms with E-state index in [0.29, 0.717) is 5.41 Å². The third-order valence-corrected chi connectivity index (χ3v) is 8.23. The first-order valence-corrected chi connectivity index (χ1v) is 11.9. The third kappa shape index (κ3) is 3.22. The van der Waals surface area contributed by atoms with Crippen LogP contribution in [0.4, 0.5) is 8.78 Å². The van der Waals surface area contributed by atoms with Crippen molar-refractivity contribution in [3.8, 4) is 0 Å². The van der Waals surface area contributed by atoms with Crippen LogP contribution in [-0.2, 0) is 11.2 Å². The van der Waals surface area contributed by atoms with Gasteiger partial charge in [0.05, 0.1) is 6.04 Å². The van der Waals surface area contributed by atoms with Crippen LogP contribution in [0.3, 0.4) is 0 Å². The molecule has 2 bridgehead atoms. The zero-order valence-corrected chi connectivity index (χ0v) is 19.4. The van der Waals surface area contributed by atoms with Gasteiger partial charge in [0, 0.05) is 40.8 Å². The number of nitrogens with one attached hydrogen (secondary N) is 1. The summed E-state index contributed by atoms with van der Waals surface area (Å²) in [6, 6.07) is 10.1. The largest absolute Gasteiger partial charge is 0.478 e. The number of aliphatic carboxylic acids is 1. The summed E-state index contributed by atoms with van der Waals surface area (Å²) in [5, 5.41) is 9.99. The molecule has 2 N–H and O–H groups in total. The summed E-state index contributed by atoms with van der Waals surface area (Å²) in [5.41, 5.74) is 3.90. The standard InChI is InChI=1S/C28H28F2N2O2/c1-16-9-19-18-5-3-4-6-22(18)31-25(19)26(32(16)15-28-12-27(2,13-28)14-28)24-20(29)10-17(11-21(24)30)7-8-23(33)34/h3-8,10-11,16,26,31H,9,12-15H2,1-2H3,(H,33,34)/b8-7+. The van der Waals surface area contributed by atoms with Crippen molar-refractivity contribution in [2.24, 2.45) is 10.8 Å².